The maximum Gasteiger partial charge on any atom is 0.309 e. The minimum absolute atomic E-state index is 0.0345. The fourth-order valence-electron chi connectivity index (χ4n) is 3.67. The van der Waals surface area contributed by atoms with Gasteiger partial charge in [-0.05, 0) is 62.5 Å². The van der Waals surface area contributed by atoms with E-state index in [2.05, 4.69) is 4.98 Å². The van der Waals surface area contributed by atoms with Crippen LogP contribution in [0.3, 0.4) is 0 Å². The Labute approximate surface area is 137 Å². The number of ether oxygens (including phenoxy) is 2. The molecule has 0 radical (unpaired) electrons. The van der Waals surface area contributed by atoms with E-state index in [0.29, 0.717) is 18.1 Å². The Balaban J connectivity index is 2.02. The fourth-order valence-corrected chi connectivity index (χ4v) is 3.67. The molecule has 1 unspecified atom stereocenters. The lowest BCUT2D eigenvalue weighted by Crippen LogP contribution is -2.28. The van der Waals surface area contributed by atoms with Gasteiger partial charge in [-0.3, -0.25) is 4.79 Å². The predicted molar refractivity (Wildman–Crippen MR) is 85.9 cm³/mol. The number of carbonyl (C=O) groups is 1. The average Bonchev–Trinajstić information content (AvgIpc) is 2.57. The van der Waals surface area contributed by atoms with E-state index >= 15 is 0 Å². The van der Waals surface area contributed by atoms with Gasteiger partial charge in [0.15, 0.2) is 5.82 Å². The van der Waals surface area contributed by atoms with Crippen LogP contribution in [-0.2, 0) is 9.53 Å². The van der Waals surface area contributed by atoms with Crippen molar-refractivity contribution in [1.82, 2.24) is 4.98 Å². The molecule has 0 aliphatic heterocycles. The molecule has 0 amide bonds. The first-order valence-corrected chi connectivity index (χ1v) is 8.47. The van der Waals surface area contributed by atoms with Crippen LogP contribution in [-0.4, -0.2) is 24.7 Å². The number of aromatic nitrogens is 1. The molecule has 1 aliphatic carbocycles. The molecule has 23 heavy (non-hydrogen) atoms. The molecule has 0 aromatic carbocycles. The summed E-state index contributed by atoms with van der Waals surface area (Å²) in [5, 5.41) is 0. The number of nitrogens with zero attached hydrogens (tertiary/aromatic N) is 1. The van der Waals surface area contributed by atoms with Crippen molar-refractivity contribution in [2.45, 2.75) is 51.9 Å². The average molecular weight is 323 g/mol. The van der Waals surface area contributed by atoms with E-state index in [1.54, 1.807) is 12.3 Å². The Bertz CT molecular complexity index is 527. The van der Waals surface area contributed by atoms with Gasteiger partial charge in [-0.2, -0.15) is 0 Å². The van der Waals surface area contributed by atoms with Crippen molar-refractivity contribution in [2.24, 2.45) is 11.8 Å². The molecule has 0 saturated heterocycles. The molecule has 5 heteroatoms. The second kappa shape index (κ2) is 8.27. The molecule has 1 aromatic rings. The smallest absolute Gasteiger partial charge is 0.309 e. The molecule has 1 saturated carbocycles. The van der Waals surface area contributed by atoms with Gasteiger partial charge in [0.05, 0.1) is 19.6 Å². The number of carbonyl (C=O) groups excluding carboxylic acids is 1. The second-order valence-corrected chi connectivity index (χ2v) is 6.10. The lowest BCUT2D eigenvalue weighted by molar-refractivity contribution is -0.150. The summed E-state index contributed by atoms with van der Waals surface area (Å²) in [4.78, 5) is 15.9. The maximum atomic E-state index is 14.3. The van der Waals surface area contributed by atoms with Crippen molar-refractivity contribution in [3.8, 4) is 5.88 Å². The van der Waals surface area contributed by atoms with Crippen molar-refractivity contribution in [3.05, 3.63) is 23.6 Å². The molecule has 0 N–H and O–H groups in total. The molecule has 128 valence electrons. The van der Waals surface area contributed by atoms with Crippen LogP contribution in [0, 0.1) is 17.7 Å². The van der Waals surface area contributed by atoms with Gasteiger partial charge in [0.1, 0.15) is 0 Å². The van der Waals surface area contributed by atoms with Crippen LogP contribution in [0.25, 0.3) is 0 Å². The van der Waals surface area contributed by atoms with Gasteiger partial charge in [-0.15, -0.1) is 0 Å². The minimum atomic E-state index is -0.351. The molecule has 1 aliphatic rings. The monoisotopic (exact) mass is 323 g/mol. The van der Waals surface area contributed by atoms with Crippen molar-refractivity contribution in [3.63, 3.8) is 0 Å². The molecule has 1 fully saturated rings. The molecule has 1 atom stereocenters. The van der Waals surface area contributed by atoms with E-state index < -0.39 is 0 Å². The zero-order valence-electron chi connectivity index (χ0n) is 14.2. The van der Waals surface area contributed by atoms with Crippen LogP contribution in [0.4, 0.5) is 4.39 Å². The number of hydrogen-bond donors (Lipinski definition) is 0. The summed E-state index contributed by atoms with van der Waals surface area (Å²) in [5.41, 5.74) is 0.680. The minimum Gasteiger partial charge on any atom is -0.479 e. The van der Waals surface area contributed by atoms with E-state index in [1.165, 1.54) is 7.11 Å². The maximum absolute atomic E-state index is 14.3. The Kier molecular flexibility index (Phi) is 6.37. The van der Waals surface area contributed by atoms with E-state index in [0.717, 1.165) is 32.1 Å². The van der Waals surface area contributed by atoms with Crippen molar-refractivity contribution < 1.29 is 18.7 Å². The molecule has 0 spiro atoms. The molecular weight excluding hydrogens is 297 g/mol. The highest BCUT2D eigenvalue weighted by Gasteiger charge is 2.33. The third kappa shape index (κ3) is 4.01. The molecule has 4 nitrogen and oxygen atoms in total. The first-order valence-electron chi connectivity index (χ1n) is 8.47. The largest absolute Gasteiger partial charge is 0.479 e. The summed E-state index contributed by atoms with van der Waals surface area (Å²) in [5.74, 6) is 0.0892. The number of rotatable bonds is 6. The third-order valence-corrected chi connectivity index (χ3v) is 4.89. The zero-order valence-corrected chi connectivity index (χ0v) is 14.2. The molecule has 1 aromatic heterocycles. The standard InChI is InChI=1S/C18H26FNO3/c1-4-14(18(21)23-5-2)12-6-8-13(9-7-12)15-10-11-20-17(22-3)16(15)19/h10-14H,4-9H2,1-3H3. The van der Waals surface area contributed by atoms with E-state index in [-0.39, 0.29) is 29.5 Å². The van der Waals surface area contributed by atoms with E-state index in [9.17, 15) is 9.18 Å². The van der Waals surface area contributed by atoms with E-state index in [4.69, 9.17) is 9.47 Å². The quantitative estimate of drug-likeness (QED) is 0.740. The van der Waals surface area contributed by atoms with Crippen LogP contribution in [0.2, 0.25) is 0 Å². The van der Waals surface area contributed by atoms with Crippen molar-refractivity contribution in [1.29, 1.82) is 0 Å². The van der Waals surface area contributed by atoms with E-state index in [1.807, 2.05) is 13.8 Å². The summed E-state index contributed by atoms with van der Waals surface area (Å²) in [7, 11) is 1.43. The van der Waals surface area contributed by atoms with Crippen LogP contribution < -0.4 is 4.74 Å². The Morgan fingerprint density at radius 1 is 1.35 bits per heavy atom. The number of esters is 1. The van der Waals surface area contributed by atoms with Gasteiger partial charge < -0.3 is 9.47 Å². The van der Waals surface area contributed by atoms with Gasteiger partial charge in [0, 0.05) is 6.20 Å². The summed E-state index contributed by atoms with van der Waals surface area (Å²) in [6.07, 6.45) is 6.00. The van der Waals surface area contributed by atoms with Crippen LogP contribution >= 0.6 is 0 Å². The first-order chi connectivity index (χ1) is 11.1. The Hall–Kier alpha value is -1.65. The van der Waals surface area contributed by atoms with Crippen LogP contribution in [0.1, 0.15) is 57.4 Å². The van der Waals surface area contributed by atoms with Gasteiger partial charge >= 0.3 is 5.97 Å². The number of halogens is 1. The summed E-state index contributed by atoms with van der Waals surface area (Å²) >= 11 is 0. The number of pyridine rings is 1. The lowest BCUT2D eigenvalue weighted by Gasteiger charge is -2.32. The molecule has 2 rings (SSSR count). The fraction of sp³-hybridized carbons (Fsp3) is 0.667. The van der Waals surface area contributed by atoms with Crippen LogP contribution in [0.5, 0.6) is 5.88 Å². The van der Waals surface area contributed by atoms with Crippen molar-refractivity contribution in [2.75, 3.05) is 13.7 Å². The molecule has 1 heterocycles. The SMILES string of the molecule is CCOC(=O)C(CC)C1CCC(c2ccnc(OC)c2F)CC1. The van der Waals surface area contributed by atoms with Crippen LogP contribution in [0.15, 0.2) is 12.3 Å². The summed E-state index contributed by atoms with van der Waals surface area (Å²) in [6.45, 7) is 4.29. The Morgan fingerprint density at radius 3 is 2.61 bits per heavy atom. The topological polar surface area (TPSA) is 48.4 Å². The predicted octanol–water partition coefficient (Wildman–Crippen LogP) is 4.09. The zero-order chi connectivity index (χ0) is 16.8. The lowest BCUT2D eigenvalue weighted by atomic mass is 9.73. The molecular formula is C18H26FNO3. The Morgan fingerprint density at radius 2 is 2.04 bits per heavy atom. The van der Waals surface area contributed by atoms with Gasteiger partial charge in [-0.1, -0.05) is 6.92 Å². The number of methoxy groups -OCH3 is 1. The van der Waals surface area contributed by atoms with Crippen molar-refractivity contribution >= 4 is 5.97 Å². The summed E-state index contributed by atoms with van der Waals surface area (Å²) in [6, 6.07) is 1.74. The normalized spacial score (nSPS) is 22.4. The highest BCUT2D eigenvalue weighted by atomic mass is 19.1. The number of hydrogen-bond acceptors (Lipinski definition) is 4. The van der Waals surface area contributed by atoms with Gasteiger partial charge in [0.25, 0.3) is 0 Å². The third-order valence-electron chi connectivity index (χ3n) is 4.89. The molecule has 0 bridgehead atoms. The second-order valence-electron chi connectivity index (χ2n) is 6.10. The summed E-state index contributed by atoms with van der Waals surface area (Å²) < 4.78 is 24.5. The first kappa shape index (κ1) is 17.7. The highest BCUT2D eigenvalue weighted by Crippen LogP contribution is 2.41. The highest BCUT2D eigenvalue weighted by molar-refractivity contribution is 5.72. The van der Waals surface area contributed by atoms with Gasteiger partial charge in [0.2, 0.25) is 5.88 Å². The van der Waals surface area contributed by atoms with Gasteiger partial charge in [-0.25, -0.2) is 9.37 Å².